The Bertz CT molecular complexity index is 179. The average Bonchev–Trinajstić information content (AvgIpc) is 2.32. The average molecular weight is 294 g/mol. The Morgan fingerprint density at radius 3 is 2.58 bits per heavy atom. The van der Waals surface area contributed by atoms with Crippen molar-refractivity contribution in [1.82, 2.24) is 0 Å². The molecule has 2 heteroatoms. The zero-order valence-corrected chi connectivity index (χ0v) is 11.5. The first kappa shape index (κ1) is 10.8. The van der Waals surface area contributed by atoms with Gasteiger partial charge in [0, 0.05) is 12.5 Å². The fraction of sp³-hybridized carbons (Fsp3) is 0.800. The van der Waals surface area contributed by atoms with Crippen LogP contribution in [-0.4, -0.2) is 12.5 Å². The minimum Gasteiger partial charge on any atom is -0.0857 e. The summed E-state index contributed by atoms with van der Waals surface area (Å²) in [4.78, 5) is 0. The molecule has 0 aromatic heterocycles. The van der Waals surface area contributed by atoms with Gasteiger partial charge in [0.1, 0.15) is 0 Å². The molecule has 0 unspecified atom stereocenters. The number of hydrogen-bond acceptors (Lipinski definition) is 0. The highest BCUT2D eigenvalue weighted by Gasteiger charge is 2.20. The van der Waals surface area contributed by atoms with Crippen LogP contribution in [0.4, 0.5) is 0 Å². The van der Waals surface area contributed by atoms with E-state index < -0.39 is 8.07 Å². The number of hydrogen-bond donors (Lipinski definition) is 0. The summed E-state index contributed by atoms with van der Waals surface area (Å²) in [5.74, 6) is 0.900. The second-order valence-electron chi connectivity index (χ2n) is 5.02. The molecule has 0 aliphatic heterocycles. The maximum absolute atomic E-state index is 2.55. The maximum atomic E-state index is 2.55. The molecular weight excluding hydrogens is 275 g/mol. The van der Waals surface area contributed by atoms with Crippen molar-refractivity contribution < 1.29 is 0 Å². The lowest BCUT2D eigenvalue weighted by atomic mass is 10.2. The fourth-order valence-electron chi connectivity index (χ4n) is 1.82. The third-order valence-corrected chi connectivity index (χ3v) is 4.91. The lowest BCUT2D eigenvalue weighted by Gasteiger charge is -2.15. The van der Waals surface area contributed by atoms with Crippen LogP contribution >= 0.6 is 22.6 Å². The van der Waals surface area contributed by atoms with E-state index >= 15 is 0 Å². The van der Waals surface area contributed by atoms with Crippen molar-refractivity contribution in [1.29, 1.82) is 0 Å². The van der Waals surface area contributed by atoms with E-state index in [1.54, 1.807) is 5.57 Å². The zero-order valence-electron chi connectivity index (χ0n) is 8.36. The van der Waals surface area contributed by atoms with Crippen LogP contribution in [0.5, 0.6) is 0 Å². The summed E-state index contributed by atoms with van der Waals surface area (Å²) in [6.45, 7) is 7.39. The Balaban J connectivity index is 2.45. The topological polar surface area (TPSA) is 0 Å². The predicted octanol–water partition coefficient (Wildman–Crippen LogP) is 4.10. The van der Waals surface area contributed by atoms with Gasteiger partial charge in [-0.25, -0.2) is 0 Å². The number of rotatable bonds is 3. The smallest absolute Gasteiger partial charge is 0.0483 e. The van der Waals surface area contributed by atoms with Gasteiger partial charge in [-0.05, 0) is 24.8 Å². The van der Waals surface area contributed by atoms with Gasteiger partial charge in [-0.2, -0.15) is 0 Å². The van der Waals surface area contributed by atoms with E-state index in [1.165, 1.54) is 23.3 Å². The van der Waals surface area contributed by atoms with E-state index in [4.69, 9.17) is 0 Å². The van der Waals surface area contributed by atoms with Crippen molar-refractivity contribution in [3.63, 3.8) is 0 Å². The van der Waals surface area contributed by atoms with Crippen LogP contribution in [0, 0.1) is 5.92 Å². The maximum Gasteiger partial charge on any atom is 0.0483 e. The van der Waals surface area contributed by atoms with Crippen LogP contribution in [0.2, 0.25) is 25.7 Å². The monoisotopic (exact) mass is 294 g/mol. The largest absolute Gasteiger partial charge is 0.0857 e. The molecule has 0 aromatic carbocycles. The second kappa shape index (κ2) is 4.27. The molecule has 0 fully saturated rings. The summed E-state index contributed by atoms with van der Waals surface area (Å²) < 4.78 is 1.31. The van der Waals surface area contributed by atoms with E-state index in [0.29, 0.717) is 0 Å². The van der Waals surface area contributed by atoms with E-state index in [-0.39, 0.29) is 0 Å². The van der Waals surface area contributed by atoms with Crippen LogP contribution in [-0.2, 0) is 0 Å². The first-order valence-electron chi connectivity index (χ1n) is 4.77. The molecule has 1 aliphatic rings. The summed E-state index contributed by atoms with van der Waals surface area (Å²) >= 11 is 2.50. The lowest BCUT2D eigenvalue weighted by Crippen LogP contribution is -2.19. The molecule has 12 heavy (non-hydrogen) atoms. The third kappa shape index (κ3) is 3.60. The Morgan fingerprint density at radius 1 is 1.50 bits per heavy atom. The standard InChI is InChI=1S/C10H19ISi/c1-12(2,3)8-10-5-4-9(6-10)7-11/h6,9H,4-5,7-8H2,1-3H3/t9-/m1/s1. The van der Waals surface area contributed by atoms with Gasteiger partial charge in [0.2, 0.25) is 0 Å². The molecule has 0 aromatic rings. The lowest BCUT2D eigenvalue weighted by molar-refractivity contribution is 0.717. The van der Waals surface area contributed by atoms with Gasteiger partial charge in [-0.15, -0.1) is 0 Å². The van der Waals surface area contributed by atoms with Crippen LogP contribution in [0.1, 0.15) is 12.8 Å². The van der Waals surface area contributed by atoms with Gasteiger partial charge in [0.25, 0.3) is 0 Å². The Morgan fingerprint density at radius 2 is 2.17 bits per heavy atom. The molecule has 0 saturated heterocycles. The minimum absolute atomic E-state index is 0.835. The molecule has 1 atom stereocenters. The minimum atomic E-state index is -0.835. The third-order valence-electron chi connectivity index (χ3n) is 2.26. The molecule has 0 radical (unpaired) electrons. The predicted molar refractivity (Wildman–Crippen MR) is 67.8 cm³/mol. The van der Waals surface area contributed by atoms with Crippen molar-refractivity contribution in [3.8, 4) is 0 Å². The highest BCUT2D eigenvalue weighted by atomic mass is 127. The molecule has 1 rings (SSSR count). The Labute approximate surface area is 91.0 Å². The van der Waals surface area contributed by atoms with Gasteiger partial charge in [0.15, 0.2) is 0 Å². The first-order valence-corrected chi connectivity index (χ1v) is 10.00. The summed E-state index contributed by atoms with van der Waals surface area (Å²) in [6.07, 6.45) is 5.35. The molecule has 70 valence electrons. The van der Waals surface area contributed by atoms with Crippen molar-refractivity contribution in [3.05, 3.63) is 11.6 Å². The van der Waals surface area contributed by atoms with Gasteiger partial charge >= 0.3 is 0 Å². The van der Waals surface area contributed by atoms with Crippen molar-refractivity contribution >= 4 is 30.7 Å². The van der Waals surface area contributed by atoms with Crippen LogP contribution in [0.15, 0.2) is 11.6 Å². The molecule has 1 aliphatic carbocycles. The molecule has 0 N–H and O–H groups in total. The van der Waals surface area contributed by atoms with Crippen LogP contribution in [0.25, 0.3) is 0 Å². The van der Waals surface area contributed by atoms with Crippen LogP contribution in [0.3, 0.4) is 0 Å². The molecule has 0 saturated carbocycles. The van der Waals surface area contributed by atoms with Gasteiger partial charge in [-0.1, -0.05) is 53.9 Å². The van der Waals surface area contributed by atoms with E-state index in [0.717, 1.165) is 5.92 Å². The van der Waals surface area contributed by atoms with Gasteiger partial charge in [0.05, 0.1) is 0 Å². The molecule has 0 nitrogen and oxygen atoms in total. The number of alkyl halides is 1. The summed E-state index contributed by atoms with van der Waals surface area (Å²) in [5.41, 5.74) is 1.76. The van der Waals surface area contributed by atoms with Gasteiger partial charge in [-0.3, -0.25) is 0 Å². The van der Waals surface area contributed by atoms with Gasteiger partial charge < -0.3 is 0 Å². The molecule has 0 amide bonds. The normalized spacial score (nSPS) is 24.3. The van der Waals surface area contributed by atoms with E-state index in [1.807, 2.05) is 0 Å². The molecule has 0 spiro atoms. The van der Waals surface area contributed by atoms with Crippen molar-refractivity contribution in [2.75, 3.05) is 4.43 Å². The first-order chi connectivity index (χ1) is 5.51. The molecule has 0 heterocycles. The highest BCUT2D eigenvalue weighted by molar-refractivity contribution is 14.1. The summed E-state index contributed by atoms with van der Waals surface area (Å²) in [7, 11) is -0.835. The second-order valence-corrected chi connectivity index (χ2v) is 11.4. The molecule has 0 bridgehead atoms. The van der Waals surface area contributed by atoms with Crippen molar-refractivity contribution in [2.45, 2.75) is 38.5 Å². The summed E-state index contributed by atoms with van der Waals surface area (Å²) in [6, 6.07) is 1.43. The quantitative estimate of drug-likeness (QED) is 0.318. The van der Waals surface area contributed by atoms with E-state index in [2.05, 4.69) is 48.3 Å². The number of halogens is 1. The highest BCUT2D eigenvalue weighted by Crippen LogP contribution is 2.31. The molecular formula is C10H19ISi. The van der Waals surface area contributed by atoms with E-state index in [9.17, 15) is 0 Å². The Kier molecular flexibility index (Phi) is 3.83. The zero-order chi connectivity index (χ0) is 9.19. The van der Waals surface area contributed by atoms with Crippen LogP contribution < -0.4 is 0 Å². The van der Waals surface area contributed by atoms with Crippen molar-refractivity contribution in [2.24, 2.45) is 5.92 Å². The SMILES string of the molecule is C[Si](C)(C)CC1=C[C@H](CI)CC1. The summed E-state index contributed by atoms with van der Waals surface area (Å²) in [5, 5.41) is 0. The fourth-order valence-corrected chi connectivity index (χ4v) is 4.17. The Hall–Kier alpha value is 0.687. The number of allylic oxidation sites excluding steroid dienone is 2.